The molecule has 0 saturated carbocycles. The van der Waals surface area contributed by atoms with E-state index >= 15 is 0 Å². The van der Waals surface area contributed by atoms with Gasteiger partial charge >= 0.3 is 0 Å². The number of nitrogen functional groups attached to an aromatic ring is 1. The van der Waals surface area contributed by atoms with Crippen LogP contribution >= 0.6 is 11.3 Å². The lowest BCUT2D eigenvalue weighted by molar-refractivity contribution is -0.255. The van der Waals surface area contributed by atoms with Gasteiger partial charge in [-0.3, -0.25) is 4.79 Å². The van der Waals surface area contributed by atoms with E-state index in [1.54, 1.807) is 13.2 Å². The van der Waals surface area contributed by atoms with Crippen molar-refractivity contribution in [2.45, 2.75) is 13.5 Å². The summed E-state index contributed by atoms with van der Waals surface area (Å²) in [5, 5.41) is 14.3. The topological polar surface area (TPSA) is 117 Å². The highest BCUT2D eigenvalue weighted by Gasteiger charge is 2.20. The molecule has 8 heteroatoms. The Bertz CT molecular complexity index is 1010. The highest BCUT2D eigenvalue weighted by Crippen LogP contribution is 2.36. The van der Waals surface area contributed by atoms with Gasteiger partial charge in [0, 0.05) is 23.9 Å². The van der Waals surface area contributed by atoms with Gasteiger partial charge in [0.2, 0.25) is 0 Å². The number of fused-ring (bicyclic) bond motifs is 1. The van der Waals surface area contributed by atoms with Gasteiger partial charge in [0.05, 0.1) is 18.3 Å². The van der Waals surface area contributed by atoms with Gasteiger partial charge in [-0.25, -0.2) is 4.98 Å². The minimum absolute atomic E-state index is 0.0215. The normalized spacial score (nSPS) is 10.8. The number of hydrogen-bond donors (Lipinski definition) is 2. The Labute approximate surface area is 153 Å². The Balaban J connectivity index is 1.98. The first-order valence-electron chi connectivity index (χ1n) is 7.71. The molecule has 0 aliphatic rings. The zero-order chi connectivity index (χ0) is 18.8. The van der Waals surface area contributed by atoms with Gasteiger partial charge in [-0.05, 0) is 36.2 Å². The molecule has 3 N–H and O–H groups in total. The number of amides is 1. The number of rotatable bonds is 5. The zero-order valence-corrected chi connectivity index (χ0v) is 15.0. The van der Waals surface area contributed by atoms with Crippen LogP contribution in [0, 0.1) is 6.92 Å². The maximum atomic E-state index is 12.6. The van der Waals surface area contributed by atoms with Crippen molar-refractivity contribution >= 4 is 44.8 Å². The third-order valence-electron chi connectivity index (χ3n) is 3.77. The van der Waals surface area contributed by atoms with Crippen LogP contribution in [0.2, 0.25) is 0 Å². The Kier molecular flexibility index (Phi) is 4.88. The molecule has 7 nitrogen and oxygen atoms in total. The summed E-state index contributed by atoms with van der Waals surface area (Å²) < 4.78 is 5.21. The lowest BCUT2D eigenvalue weighted by Gasteiger charge is -2.08. The molecular weight excluding hydrogens is 354 g/mol. The Morgan fingerprint density at radius 1 is 1.35 bits per heavy atom. The number of pyridine rings is 1. The molecule has 0 fully saturated rings. The van der Waals surface area contributed by atoms with Gasteiger partial charge in [0.25, 0.3) is 5.91 Å². The van der Waals surface area contributed by atoms with Crippen LogP contribution in [0.25, 0.3) is 10.2 Å². The second kappa shape index (κ2) is 7.11. The van der Waals surface area contributed by atoms with E-state index in [4.69, 9.17) is 10.5 Å². The predicted molar refractivity (Wildman–Crippen MR) is 98.2 cm³/mol. The second-order valence-corrected chi connectivity index (χ2v) is 6.70. The number of aromatic carboxylic acids is 1. The Morgan fingerprint density at radius 2 is 2.12 bits per heavy atom. The first-order valence-corrected chi connectivity index (χ1v) is 8.52. The number of aryl methyl sites for hydroxylation is 1. The first-order chi connectivity index (χ1) is 12.4. The van der Waals surface area contributed by atoms with E-state index < -0.39 is 11.9 Å². The number of benzene rings is 1. The molecule has 0 radical (unpaired) electrons. The smallest absolute Gasteiger partial charge is 0.267 e. The Hall–Kier alpha value is -2.97. The fraction of sp³-hybridized carbons (Fsp3) is 0.167. The third kappa shape index (κ3) is 3.37. The summed E-state index contributed by atoms with van der Waals surface area (Å²) in [6.45, 7) is 2.22. The van der Waals surface area contributed by atoms with Crippen molar-refractivity contribution in [3.05, 3.63) is 52.0 Å². The second-order valence-electron chi connectivity index (χ2n) is 5.70. The maximum Gasteiger partial charge on any atom is 0.267 e. The van der Waals surface area contributed by atoms with Crippen LogP contribution in [0.3, 0.4) is 0 Å². The SMILES string of the molecule is COCc1cc(C)nc2sc(C(=O)Nc3cccc(C(=O)[O-])c3)c(N)c12. The van der Waals surface area contributed by atoms with E-state index in [1.807, 2.05) is 13.0 Å². The van der Waals surface area contributed by atoms with Crippen molar-refractivity contribution in [2.24, 2.45) is 0 Å². The first kappa shape index (κ1) is 17.8. The Morgan fingerprint density at radius 3 is 2.81 bits per heavy atom. The number of carboxylic acids is 1. The lowest BCUT2D eigenvalue weighted by atomic mass is 10.1. The quantitative estimate of drug-likeness (QED) is 0.709. The number of carbonyl (C=O) groups is 2. The number of anilines is 2. The molecule has 0 spiro atoms. The number of nitrogens with one attached hydrogen (secondary N) is 1. The summed E-state index contributed by atoms with van der Waals surface area (Å²) in [7, 11) is 1.59. The van der Waals surface area contributed by atoms with Crippen LogP contribution < -0.4 is 16.2 Å². The van der Waals surface area contributed by atoms with Crippen LogP contribution in [0.15, 0.2) is 30.3 Å². The number of ether oxygens (including phenoxy) is 1. The molecule has 0 saturated heterocycles. The average molecular weight is 370 g/mol. The molecule has 0 aliphatic carbocycles. The average Bonchev–Trinajstić information content (AvgIpc) is 2.92. The summed E-state index contributed by atoms with van der Waals surface area (Å²) in [6.07, 6.45) is 0. The zero-order valence-electron chi connectivity index (χ0n) is 14.2. The van der Waals surface area contributed by atoms with Crippen molar-refractivity contribution in [1.29, 1.82) is 0 Å². The number of carboxylic acid groups (broad SMARTS) is 1. The van der Waals surface area contributed by atoms with Crippen molar-refractivity contribution in [2.75, 3.05) is 18.2 Å². The summed E-state index contributed by atoms with van der Waals surface area (Å²) in [5.41, 5.74) is 8.52. The standard InChI is InChI=1S/C18H17N3O4S/c1-9-6-11(8-25-2)13-14(19)15(26-17(13)20-9)16(22)21-12-5-3-4-10(7-12)18(23)24/h3-7H,8,19H2,1-2H3,(H,21,22)(H,23,24)/p-1. The van der Waals surface area contributed by atoms with E-state index in [2.05, 4.69) is 10.3 Å². The van der Waals surface area contributed by atoms with Gasteiger partial charge in [0.15, 0.2) is 0 Å². The molecule has 1 aromatic carbocycles. The number of nitrogens with zero attached hydrogens (tertiary/aromatic N) is 1. The summed E-state index contributed by atoms with van der Waals surface area (Å²) in [5.74, 6) is -1.74. The fourth-order valence-corrected chi connectivity index (χ4v) is 3.77. The molecule has 2 heterocycles. The lowest BCUT2D eigenvalue weighted by Crippen LogP contribution is -2.22. The van der Waals surface area contributed by atoms with Crippen LogP contribution in [-0.2, 0) is 11.3 Å². The highest BCUT2D eigenvalue weighted by atomic mass is 32.1. The van der Waals surface area contributed by atoms with Crippen LogP contribution in [0.1, 0.15) is 31.3 Å². The number of carbonyl (C=O) groups excluding carboxylic acids is 2. The molecule has 1 amide bonds. The van der Waals surface area contributed by atoms with E-state index in [9.17, 15) is 14.7 Å². The molecule has 26 heavy (non-hydrogen) atoms. The van der Waals surface area contributed by atoms with Crippen molar-refractivity contribution in [1.82, 2.24) is 4.98 Å². The van der Waals surface area contributed by atoms with Crippen molar-refractivity contribution in [3.63, 3.8) is 0 Å². The van der Waals surface area contributed by atoms with Gasteiger partial charge in [-0.2, -0.15) is 0 Å². The van der Waals surface area contributed by atoms with Crippen LogP contribution in [-0.4, -0.2) is 24.0 Å². The summed E-state index contributed by atoms with van der Waals surface area (Å²) >= 11 is 1.18. The van der Waals surface area contributed by atoms with E-state index in [0.717, 1.165) is 11.3 Å². The molecule has 2 aromatic heterocycles. The molecule has 0 atom stereocenters. The molecular formula is C18H16N3O4S-. The third-order valence-corrected chi connectivity index (χ3v) is 4.87. The van der Waals surface area contributed by atoms with Gasteiger partial charge < -0.3 is 25.7 Å². The van der Waals surface area contributed by atoms with Crippen LogP contribution in [0.5, 0.6) is 0 Å². The summed E-state index contributed by atoms with van der Waals surface area (Å²) in [6, 6.07) is 7.71. The van der Waals surface area contributed by atoms with E-state index in [1.165, 1.54) is 29.5 Å². The van der Waals surface area contributed by atoms with Crippen molar-refractivity contribution < 1.29 is 19.4 Å². The minimum Gasteiger partial charge on any atom is -0.545 e. The number of methoxy groups -OCH3 is 1. The number of nitrogens with two attached hydrogens (primary N) is 1. The number of aromatic nitrogens is 1. The highest BCUT2D eigenvalue weighted by molar-refractivity contribution is 7.21. The minimum atomic E-state index is -1.31. The van der Waals surface area contributed by atoms with Crippen molar-refractivity contribution in [3.8, 4) is 0 Å². The number of hydrogen-bond acceptors (Lipinski definition) is 7. The molecule has 0 aliphatic heterocycles. The predicted octanol–water partition coefficient (Wildman–Crippen LogP) is 1.95. The molecule has 0 unspecified atom stereocenters. The van der Waals surface area contributed by atoms with Crippen LogP contribution in [0.4, 0.5) is 11.4 Å². The monoisotopic (exact) mass is 370 g/mol. The van der Waals surface area contributed by atoms with Gasteiger partial charge in [0.1, 0.15) is 9.71 Å². The summed E-state index contributed by atoms with van der Waals surface area (Å²) in [4.78, 5) is 29.0. The molecule has 134 valence electrons. The molecule has 3 aromatic rings. The maximum absolute atomic E-state index is 12.6. The van der Waals surface area contributed by atoms with Gasteiger partial charge in [-0.1, -0.05) is 12.1 Å². The van der Waals surface area contributed by atoms with E-state index in [-0.39, 0.29) is 5.56 Å². The molecule has 3 rings (SSSR count). The number of thiophene rings is 1. The molecule has 0 bridgehead atoms. The van der Waals surface area contributed by atoms with E-state index in [0.29, 0.717) is 33.1 Å². The fourth-order valence-electron chi connectivity index (χ4n) is 2.69. The van der Waals surface area contributed by atoms with Gasteiger partial charge in [-0.15, -0.1) is 11.3 Å². The largest absolute Gasteiger partial charge is 0.545 e.